The predicted molar refractivity (Wildman–Crippen MR) is 67.3 cm³/mol. The second kappa shape index (κ2) is 6.16. The zero-order valence-corrected chi connectivity index (χ0v) is 10.7. The standard InChI is InChI=1S/C13H13NO6/c1-13(7-14-20,10(17)5-6-15)12(19)8-3-2-4-9(16)11(8)18/h2-4,7,15,20H,5-6H2,1H3. The predicted octanol–water partition coefficient (Wildman–Crippen LogP) is -0.392. The summed E-state index contributed by atoms with van der Waals surface area (Å²) in [6.45, 7) is 0.663. The number of nitrogens with zero attached hydrogens (tertiary/aromatic N) is 1. The van der Waals surface area contributed by atoms with E-state index in [-0.39, 0.29) is 6.42 Å². The Kier molecular flexibility index (Phi) is 4.82. The Morgan fingerprint density at radius 1 is 1.40 bits per heavy atom. The lowest BCUT2D eigenvalue weighted by Crippen LogP contribution is -2.42. The zero-order chi connectivity index (χ0) is 15.3. The lowest BCUT2D eigenvalue weighted by Gasteiger charge is -2.22. The highest BCUT2D eigenvalue weighted by Gasteiger charge is 2.43. The third-order valence-electron chi connectivity index (χ3n) is 2.93. The van der Waals surface area contributed by atoms with Crippen molar-refractivity contribution < 1.29 is 29.5 Å². The fourth-order valence-corrected chi connectivity index (χ4v) is 1.71. The lowest BCUT2D eigenvalue weighted by atomic mass is 9.76. The van der Waals surface area contributed by atoms with Crippen molar-refractivity contribution in [2.75, 3.05) is 6.61 Å². The smallest absolute Gasteiger partial charge is 0.236 e. The van der Waals surface area contributed by atoms with Crippen LogP contribution < -0.4 is 0 Å². The van der Waals surface area contributed by atoms with Crippen LogP contribution in [0.4, 0.5) is 0 Å². The van der Waals surface area contributed by atoms with Crippen molar-refractivity contribution >= 4 is 29.3 Å². The molecule has 0 fully saturated rings. The van der Waals surface area contributed by atoms with E-state index < -0.39 is 40.7 Å². The second-order valence-corrected chi connectivity index (χ2v) is 4.31. The van der Waals surface area contributed by atoms with Gasteiger partial charge in [0.05, 0.1) is 18.4 Å². The molecule has 0 aromatic rings. The maximum atomic E-state index is 12.3. The molecule has 0 radical (unpaired) electrons. The van der Waals surface area contributed by atoms with Crippen LogP contribution >= 0.6 is 0 Å². The number of rotatable bonds is 6. The first kappa shape index (κ1) is 15.6. The van der Waals surface area contributed by atoms with Gasteiger partial charge in [-0.15, -0.1) is 5.16 Å². The van der Waals surface area contributed by atoms with Crippen LogP contribution in [0.5, 0.6) is 0 Å². The molecule has 1 aliphatic rings. The third-order valence-corrected chi connectivity index (χ3v) is 2.93. The van der Waals surface area contributed by atoms with E-state index >= 15 is 0 Å². The van der Waals surface area contributed by atoms with Gasteiger partial charge in [-0.25, -0.2) is 0 Å². The third kappa shape index (κ3) is 2.77. The Bertz CT molecular complexity index is 557. The van der Waals surface area contributed by atoms with Gasteiger partial charge in [0, 0.05) is 6.42 Å². The van der Waals surface area contributed by atoms with E-state index in [9.17, 15) is 19.2 Å². The fraction of sp³-hybridized carbons (Fsp3) is 0.308. The second-order valence-electron chi connectivity index (χ2n) is 4.31. The van der Waals surface area contributed by atoms with Crippen LogP contribution in [0.25, 0.3) is 0 Å². The van der Waals surface area contributed by atoms with Crippen LogP contribution in [0.15, 0.2) is 29.0 Å². The Balaban J connectivity index is 3.22. The van der Waals surface area contributed by atoms with Crippen LogP contribution in [-0.2, 0) is 19.2 Å². The molecule has 1 unspecified atom stereocenters. The maximum absolute atomic E-state index is 12.3. The molecule has 0 heterocycles. The molecular formula is C13H13NO6. The van der Waals surface area contributed by atoms with Gasteiger partial charge in [0.15, 0.2) is 11.6 Å². The summed E-state index contributed by atoms with van der Waals surface area (Å²) in [5.41, 5.74) is -2.36. The number of carbonyl (C=O) groups is 4. The van der Waals surface area contributed by atoms with Gasteiger partial charge in [-0.2, -0.15) is 0 Å². The molecule has 0 saturated heterocycles. The summed E-state index contributed by atoms with van der Waals surface area (Å²) in [5.74, 6) is -3.56. The number of aliphatic hydroxyl groups is 1. The highest BCUT2D eigenvalue weighted by Crippen LogP contribution is 2.25. The molecule has 20 heavy (non-hydrogen) atoms. The van der Waals surface area contributed by atoms with Crippen LogP contribution in [0.1, 0.15) is 13.3 Å². The summed E-state index contributed by atoms with van der Waals surface area (Å²) >= 11 is 0. The van der Waals surface area contributed by atoms with E-state index in [4.69, 9.17) is 10.3 Å². The first-order chi connectivity index (χ1) is 9.38. The molecule has 0 bridgehead atoms. The van der Waals surface area contributed by atoms with Gasteiger partial charge in [0.2, 0.25) is 11.6 Å². The van der Waals surface area contributed by atoms with E-state index in [2.05, 4.69) is 5.16 Å². The Hall–Kier alpha value is -2.41. The topological polar surface area (TPSA) is 121 Å². The van der Waals surface area contributed by atoms with Crippen molar-refractivity contribution in [3.63, 3.8) is 0 Å². The Labute approximate surface area is 114 Å². The van der Waals surface area contributed by atoms with E-state index in [1.54, 1.807) is 0 Å². The minimum absolute atomic E-state index is 0.348. The lowest BCUT2D eigenvalue weighted by molar-refractivity contribution is -0.137. The monoisotopic (exact) mass is 279 g/mol. The summed E-state index contributed by atoms with van der Waals surface area (Å²) in [6, 6.07) is 0. The van der Waals surface area contributed by atoms with E-state index in [1.807, 2.05) is 0 Å². The largest absolute Gasteiger partial charge is 0.411 e. The molecule has 0 saturated carbocycles. The molecule has 106 valence electrons. The van der Waals surface area contributed by atoms with E-state index in [1.165, 1.54) is 6.08 Å². The van der Waals surface area contributed by atoms with Crippen molar-refractivity contribution in [3.8, 4) is 0 Å². The molecule has 0 aliphatic heterocycles. The number of Topliss-reactive ketones (excluding diaryl/α,β-unsaturated/α-hetero) is 3. The normalized spacial score (nSPS) is 18.0. The zero-order valence-electron chi connectivity index (χ0n) is 10.7. The number of allylic oxidation sites excluding steroid dienone is 4. The molecule has 0 amide bonds. The van der Waals surface area contributed by atoms with Gasteiger partial charge in [-0.05, 0) is 19.1 Å². The van der Waals surface area contributed by atoms with Crippen molar-refractivity contribution in [2.24, 2.45) is 10.6 Å². The quantitative estimate of drug-likeness (QED) is 0.130. The van der Waals surface area contributed by atoms with Crippen LogP contribution in [0.2, 0.25) is 0 Å². The molecule has 7 heteroatoms. The molecule has 0 aromatic heterocycles. The van der Waals surface area contributed by atoms with Crippen molar-refractivity contribution in [1.29, 1.82) is 0 Å². The summed E-state index contributed by atoms with van der Waals surface area (Å²) in [7, 11) is 0. The summed E-state index contributed by atoms with van der Waals surface area (Å²) in [4.78, 5) is 47.1. The summed E-state index contributed by atoms with van der Waals surface area (Å²) < 4.78 is 0. The molecule has 7 nitrogen and oxygen atoms in total. The minimum atomic E-state index is -1.91. The molecule has 0 aromatic carbocycles. The van der Waals surface area contributed by atoms with Crippen molar-refractivity contribution in [3.05, 3.63) is 23.8 Å². The molecule has 1 rings (SSSR count). The number of ketones is 4. The number of hydrogen-bond donors (Lipinski definition) is 2. The maximum Gasteiger partial charge on any atom is 0.236 e. The molecular weight excluding hydrogens is 266 g/mol. The molecule has 1 atom stereocenters. The van der Waals surface area contributed by atoms with Gasteiger partial charge < -0.3 is 10.3 Å². The van der Waals surface area contributed by atoms with Gasteiger partial charge in [-0.3, -0.25) is 19.2 Å². The highest BCUT2D eigenvalue weighted by molar-refractivity contribution is 6.55. The van der Waals surface area contributed by atoms with E-state index in [0.29, 0.717) is 6.21 Å². The molecule has 0 spiro atoms. The first-order valence-electron chi connectivity index (χ1n) is 5.73. The Morgan fingerprint density at radius 3 is 2.60 bits per heavy atom. The average Bonchev–Trinajstić information content (AvgIpc) is 2.41. The van der Waals surface area contributed by atoms with Crippen molar-refractivity contribution in [1.82, 2.24) is 0 Å². The number of oxime groups is 1. The molecule has 1 aliphatic carbocycles. The number of hydrogen-bond acceptors (Lipinski definition) is 7. The SMILES string of the molecule is CC(C=NO)(C(=O)CCO)C(=O)C1=CC=CC(=O)C1=O. The van der Waals surface area contributed by atoms with Crippen molar-refractivity contribution in [2.45, 2.75) is 13.3 Å². The average molecular weight is 279 g/mol. The number of carbonyl (C=O) groups excluding carboxylic acids is 4. The summed E-state index contributed by atoms with van der Waals surface area (Å²) in [5, 5.41) is 20.1. The van der Waals surface area contributed by atoms with Gasteiger partial charge in [0.25, 0.3) is 0 Å². The van der Waals surface area contributed by atoms with Crippen LogP contribution in [-0.4, -0.2) is 46.3 Å². The first-order valence-corrected chi connectivity index (χ1v) is 5.73. The highest BCUT2D eigenvalue weighted by atomic mass is 16.4. The fourth-order valence-electron chi connectivity index (χ4n) is 1.71. The van der Waals surface area contributed by atoms with Gasteiger partial charge in [-0.1, -0.05) is 6.08 Å². The van der Waals surface area contributed by atoms with Gasteiger partial charge in [0.1, 0.15) is 5.41 Å². The minimum Gasteiger partial charge on any atom is -0.411 e. The summed E-state index contributed by atoms with van der Waals surface area (Å²) in [6.07, 6.45) is 3.70. The van der Waals surface area contributed by atoms with E-state index in [0.717, 1.165) is 19.1 Å². The van der Waals surface area contributed by atoms with Gasteiger partial charge >= 0.3 is 0 Å². The van der Waals surface area contributed by atoms with Crippen LogP contribution in [0, 0.1) is 5.41 Å². The van der Waals surface area contributed by atoms with Crippen LogP contribution in [0.3, 0.4) is 0 Å². The number of aliphatic hydroxyl groups excluding tert-OH is 1. The molecule has 2 N–H and O–H groups in total. The Morgan fingerprint density at radius 2 is 2.05 bits per heavy atom.